The number of rotatable bonds is 3. The summed E-state index contributed by atoms with van der Waals surface area (Å²) >= 11 is 1.43. The van der Waals surface area contributed by atoms with Gasteiger partial charge in [0.2, 0.25) is 5.89 Å². The Balaban J connectivity index is 2.04. The summed E-state index contributed by atoms with van der Waals surface area (Å²) in [5, 5.41) is 4.59. The molecule has 2 heterocycles. The molecule has 0 aliphatic heterocycles. The van der Waals surface area contributed by atoms with Gasteiger partial charge in [-0.2, -0.15) is 4.98 Å². The minimum atomic E-state index is -0.114. The Morgan fingerprint density at radius 1 is 1.26 bits per heavy atom. The number of aromatic nitrogens is 4. The summed E-state index contributed by atoms with van der Waals surface area (Å²) in [4.78, 5) is 12.8. The lowest BCUT2D eigenvalue weighted by Gasteiger charge is -2.10. The average molecular weight is 279 g/mol. The van der Waals surface area contributed by atoms with Crippen LogP contribution >= 0.6 is 11.8 Å². The van der Waals surface area contributed by atoms with Crippen molar-refractivity contribution in [3.05, 3.63) is 23.5 Å². The van der Waals surface area contributed by atoms with Crippen LogP contribution in [0.15, 0.2) is 15.7 Å². The molecule has 0 saturated heterocycles. The molecule has 0 bridgehead atoms. The molecule has 7 heteroatoms. The fourth-order valence-corrected chi connectivity index (χ4v) is 2.12. The zero-order chi connectivity index (χ0) is 14.0. The van der Waals surface area contributed by atoms with Gasteiger partial charge in [-0.15, -0.1) is 0 Å². The van der Waals surface area contributed by atoms with E-state index in [4.69, 9.17) is 10.3 Å². The fraction of sp³-hybridized carbons (Fsp3) is 0.500. The number of hydrogen-bond donors (Lipinski definition) is 1. The zero-order valence-electron chi connectivity index (χ0n) is 11.5. The van der Waals surface area contributed by atoms with E-state index in [0.29, 0.717) is 28.4 Å². The van der Waals surface area contributed by atoms with E-state index in [1.54, 1.807) is 6.07 Å². The van der Waals surface area contributed by atoms with E-state index in [1.807, 2.05) is 27.7 Å². The molecule has 102 valence electrons. The van der Waals surface area contributed by atoms with Gasteiger partial charge in [0, 0.05) is 17.2 Å². The number of nitrogens with two attached hydrogens (primary N) is 1. The normalized spacial score (nSPS) is 11.8. The van der Waals surface area contributed by atoms with Gasteiger partial charge in [-0.1, -0.05) is 37.7 Å². The summed E-state index contributed by atoms with van der Waals surface area (Å²) in [6, 6.07) is 1.73. The van der Waals surface area contributed by atoms with Crippen LogP contribution in [0.4, 0.5) is 5.82 Å². The van der Waals surface area contributed by atoms with E-state index in [-0.39, 0.29) is 5.41 Å². The fourth-order valence-electron chi connectivity index (χ4n) is 1.37. The number of nitrogen functional groups attached to an aromatic ring is 1. The quantitative estimate of drug-likeness (QED) is 0.681. The minimum Gasteiger partial charge on any atom is -0.384 e. The van der Waals surface area contributed by atoms with Crippen molar-refractivity contribution in [3.63, 3.8) is 0 Å². The summed E-state index contributed by atoms with van der Waals surface area (Å²) in [6.45, 7) is 8.00. The molecule has 0 unspecified atom stereocenters. The van der Waals surface area contributed by atoms with Gasteiger partial charge in [0.25, 0.3) is 0 Å². The number of anilines is 1. The maximum Gasteiger partial charge on any atom is 0.237 e. The molecule has 0 saturated carbocycles. The van der Waals surface area contributed by atoms with Gasteiger partial charge >= 0.3 is 0 Å². The molecule has 0 amide bonds. The van der Waals surface area contributed by atoms with Crippen molar-refractivity contribution in [2.45, 2.75) is 44.0 Å². The van der Waals surface area contributed by atoms with Gasteiger partial charge in [0.15, 0.2) is 11.0 Å². The molecular formula is C12H17N5OS. The maximum atomic E-state index is 5.67. The number of thioether (sulfide) groups is 1. The smallest absolute Gasteiger partial charge is 0.237 e. The Bertz CT molecular complexity index is 555. The predicted molar refractivity (Wildman–Crippen MR) is 73.7 cm³/mol. The van der Waals surface area contributed by atoms with Gasteiger partial charge in [-0.05, 0) is 6.92 Å². The van der Waals surface area contributed by atoms with Gasteiger partial charge in [-0.25, -0.2) is 9.97 Å². The van der Waals surface area contributed by atoms with Crippen molar-refractivity contribution >= 4 is 17.6 Å². The Morgan fingerprint density at radius 2 is 2.00 bits per heavy atom. The molecule has 0 aliphatic carbocycles. The van der Waals surface area contributed by atoms with E-state index in [2.05, 4.69) is 20.1 Å². The molecular weight excluding hydrogens is 262 g/mol. The first-order valence-electron chi connectivity index (χ1n) is 5.91. The molecule has 2 aromatic rings. The molecule has 0 radical (unpaired) electrons. The van der Waals surface area contributed by atoms with Gasteiger partial charge in [0.05, 0.1) is 5.75 Å². The Hall–Kier alpha value is -1.63. The lowest BCUT2D eigenvalue weighted by Crippen LogP contribution is -2.13. The van der Waals surface area contributed by atoms with Crippen LogP contribution < -0.4 is 5.73 Å². The second kappa shape index (κ2) is 5.16. The highest BCUT2D eigenvalue weighted by atomic mass is 32.2. The molecule has 0 spiro atoms. The van der Waals surface area contributed by atoms with Crippen molar-refractivity contribution in [1.82, 2.24) is 20.1 Å². The molecule has 2 N–H and O–H groups in total. The highest BCUT2D eigenvalue weighted by Gasteiger charge is 2.21. The van der Waals surface area contributed by atoms with Crippen LogP contribution in [0.5, 0.6) is 0 Å². The standard InChI is InChI=1S/C12H17N5OS/c1-7-5-8(13)15-11(14-7)19-6-9-16-10(17-18-9)12(2,3)4/h5H,6H2,1-4H3,(H2,13,14,15). The molecule has 2 rings (SSSR count). The highest BCUT2D eigenvalue weighted by molar-refractivity contribution is 7.98. The van der Waals surface area contributed by atoms with E-state index in [1.165, 1.54) is 11.8 Å². The Morgan fingerprint density at radius 3 is 2.58 bits per heavy atom. The molecule has 0 atom stereocenters. The van der Waals surface area contributed by atoms with Crippen molar-refractivity contribution in [1.29, 1.82) is 0 Å². The van der Waals surface area contributed by atoms with Gasteiger partial charge in [-0.3, -0.25) is 0 Å². The topological polar surface area (TPSA) is 90.7 Å². The van der Waals surface area contributed by atoms with Crippen LogP contribution in [0.1, 0.15) is 38.2 Å². The van der Waals surface area contributed by atoms with E-state index >= 15 is 0 Å². The molecule has 0 aromatic carbocycles. The number of hydrogen-bond acceptors (Lipinski definition) is 7. The van der Waals surface area contributed by atoms with Crippen LogP contribution in [0.3, 0.4) is 0 Å². The monoisotopic (exact) mass is 279 g/mol. The average Bonchev–Trinajstić information content (AvgIpc) is 2.73. The zero-order valence-corrected chi connectivity index (χ0v) is 12.3. The Kier molecular flexibility index (Phi) is 3.75. The van der Waals surface area contributed by atoms with Crippen LogP contribution in [-0.2, 0) is 11.2 Å². The largest absolute Gasteiger partial charge is 0.384 e. The predicted octanol–water partition coefficient (Wildman–Crippen LogP) is 2.34. The van der Waals surface area contributed by atoms with Crippen LogP contribution in [0, 0.1) is 6.92 Å². The highest BCUT2D eigenvalue weighted by Crippen LogP contribution is 2.22. The molecule has 0 fully saturated rings. The second-order valence-electron chi connectivity index (χ2n) is 5.27. The molecule has 19 heavy (non-hydrogen) atoms. The minimum absolute atomic E-state index is 0.114. The summed E-state index contributed by atoms with van der Waals surface area (Å²) in [7, 11) is 0. The van der Waals surface area contributed by atoms with Crippen molar-refractivity contribution in [3.8, 4) is 0 Å². The summed E-state index contributed by atoms with van der Waals surface area (Å²) < 4.78 is 5.20. The van der Waals surface area contributed by atoms with Crippen molar-refractivity contribution in [2.75, 3.05) is 5.73 Å². The molecule has 0 aliphatic rings. The van der Waals surface area contributed by atoms with Crippen molar-refractivity contribution < 1.29 is 4.52 Å². The Labute approximate surface area is 116 Å². The van der Waals surface area contributed by atoms with Crippen LogP contribution in [0.25, 0.3) is 0 Å². The summed E-state index contributed by atoms with van der Waals surface area (Å²) in [6.07, 6.45) is 0. The van der Waals surface area contributed by atoms with E-state index in [0.717, 1.165) is 5.69 Å². The second-order valence-corrected chi connectivity index (χ2v) is 6.21. The lowest BCUT2D eigenvalue weighted by molar-refractivity contribution is 0.372. The lowest BCUT2D eigenvalue weighted by atomic mass is 9.96. The SMILES string of the molecule is Cc1cc(N)nc(SCc2nc(C(C)(C)C)no2)n1. The third-order valence-electron chi connectivity index (χ3n) is 2.32. The first-order chi connectivity index (χ1) is 8.84. The summed E-state index contributed by atoms with van der Waals surface area (Å²) in [5.41, 5.74) is 6.40. The number of aryl methyl sites for hydroxylation is 1. The molecule has 2 aromatic heterocycles. The third-order valence-corrected chi connectivity index (χ3v) is 3.15. The van der Waals surface area contributed by atoms with Crippen LogP contribution in [0.2, 0.25) is 0 Å². The molecule has 6 nitrogen and oxygen atoms in total. The number of nitrogens with zero attached hydrogens (tertiary/aromatic N) is 4. The first kappa shape index (κ1) is 13.8. The van der Waals surface area contributed by atoms with Gasteiger partial charge < -0.3 is 10.3 Å². The summed E-state index contributed by atoms with van der Waals surface area (Å²) in [5.74, 6) is 2.27. The van der Waals surface area contributed by atoms with E-state index < -0.39 is 0 Å². The van der Waals surface area contributed by atoms with Crippen molar-refractivity contribution in [2.24, 2.45) is 0 Å². The third kappa shape index (κ3) is 3.66. The van der Waals surface area contributed by atoms with Crippen LogP contribution in [-0.4, -0.2) is 20.1 Å². The van der Waals surface area contributed by atoms with E-state index in [9.17, 15) is 0 Å². The first-order valence-corrected chi connectivity index (χ1v) is 6.90. The van der Waals surface area contributed by atoms with Gasteiger partial charge in [0.1, 0.15) is 5.82 Å². The maximum absolute atomic E-state index is 5.67.